The fraction of sp³-hybridized carbons (Fsp3) is 0.406. The van der Waals surface area contributed by atoms with Gasteiger partial charge in [0.1, 0.15) is 18.2 Å². The number of hydrogen-bond donors (Lipinski definition) is 1. The first-order valence-electron chi connectivity index (χ1n) is 14.5. The summed E-state index contributed by atoms with van der Waals surface area (Å²) < 4.78 is 27.9. The number of imidazole rings is 1. The lowest BCUT2D eigenvalue weighted by Crippen LogP contribution is -2.38. The van der Waals surface area contributed by atoms with Crippen LogP contribution in [0.3, 0.4) is 0 Å². The van der Waals surface area contributed by atoms with Crippen molar-refractivity contribution in [3.63, 3.8) is 0 Å². The van der Waals surface area contributed by atoms with Gasteiger partial charge in [0.15, 0.2) is 0 Å². The average Bonchev–Trinajstić information content (AvgIpc) is 3.32. The lowest BCUT2D eigenvalue weighted by Gasteiger charge is -2.37. The summed E-state index contributed by atoms with van der Waals surface area (Å²) in [6.07, 6.45) is 3.87. The molecule has 4 aromatic rings. The predicted octanol–water partition coefficient (Wildman–Crippen LogP) is 6.62. The summed E-state index contributed by atoms with van der Waals surface area (Å²) >= 11 is 5.86. The predicted molar refractivity (Wildman–Crippen MR) is 158 cm³/mol. The van der Waals surface area contributed by atoms with Crippen molar-refractivity contribution in [3.05, 3.63) is 88.1 Å². The van der Waals surface area contributed by atoms with Crippen LogP contribution in [-0.2, 0) is 17.9 Å². The van der Waals surface area contributed by atoms with E-state index in [9.17, 15) is 14.3 Å². The van der Waals surface area contributed by atoms with Crippen LogP contribution in [0.1, 0.15) is 72.0 Å². The molecule has 0 bridgehead atoms. The van der Waals surface area contributed by atoms with Crippen LogP contribution in [0.25, 0.3) is 11.0 Å². The van der Waals surface area contributed by atoms with Crippen molar-refractivity contribution < 1.29 is 23.8 Å². The number of fused-ring (bicyclic) bond motifs is 1. The van der Waals surface area contributed by atoms with Crippen LogP contribution in [-0.4, -0.2) is 56.3 Å². The summed E-state index contributed by atoms with van der Waals surface area (Å²) in [6, 6.07) is 15.6. The Labute approximate surface area is 249 Å². The number of piperidine rings is 1. The molecule has 10 heteroatoms. The van der Waals surface area contributed by atoms with E-state index in [0.717, 1.165) is 67.9 Å². The second kappa shape index (κ2) is 12.4. The Morgan fingerprint density at radius 2 is 1.95 bits per heavy atom. The number of aromatic nitrogens is 3. The molecule has 2 aliphatic heterocycles. The highest BCUT2D eigenvalue weighted by Crippen LogP contribution is 2.35. The van der Waals surface area contributed by atoms with Gasteiger partial charge in [-0.15, -0.1) is 0 Å². The highest BCUT2D eigenvalue weighted by atomic mass is 35.5. The van der Waals surface area contributed by atoms with Crippen LogP contribution in [0, 0.1) is 5.82 Å². The number of carbonyl (C=O) groups is 1. The Kier molecular flexibility index (Phi) is 8.42. The minimum absolute atomic E-state index is 0.0803. The maximum Gasteiger partial charge on any atom is 0.335 e. The van der Waals surface area contributed by atoms with Crippen molar-refractivity contribution in [2.45, 2.75) is 63.8 Å². The number of halogens is 2. The Hall–Kier alpha value is -3.53. The molecule has 2 fully saturated rings. The normalized spacial score (nSPS) is 18.6. The molecule has 1 N–H and O–H groups in total. The largest absolute Gasteiger partial charge is 0.478 e. The minimum Gasteiger partial charge on any atom is -0.478 e. The van der Waals surface area contributed by atoms with Gasteiger partial charge in [-0.1, -0.05) is 30.7 Å². The first-order chi connectivity index (χ1) is 20.4. The van der Waals surface area contributed by atoms with Gasteiger partial charge >= 0.3 is 5.97 Å². The third-order valence-corrected chi connectivity index (χ3v) is 8.65. The molecule has 0 spiro atoms. The Morgan fingerprint density at radius 1 is 1.14 bits per heavy atom. The Bertz CT molecular complexity index is 1580. The maximum atomic E-state index is 14.2. The lowest BCUT2D eigenvalue weighted by atomic mass is 9.92. The second-order valence-corrected chi connectivity index (χ2v) is 11.5. The third-order valence-electron chi connectivity index (χ3n) is 8.41. The molecule has 2 atom stereocenters. The van der Waals surface area contributed by atoms with Crippen molar-refractivity contribution in [2.75, 3.05) is 19.7 Å². The summed E-state index contributed by atoms with van der Waals surface area (Å²) in [6.45, 7) is 5.45. The molecule has 0 aliphatic carbocycles. The number of hydrogen-bond acceptors (Lipinski definition) is 6. The topological polar surface area (TPSA) is 89.7 Å². The number of nitrogens with zero attached hydrogens (tertiary/aromatic N) is 4. The first kappa shape index (κ1) is 28.6. The lowest BCUT2D eigenvalue weighted by molar-refractivity contribution is -0.0595. The van der Waals surface area contributed by atoms with Gasteiger partial charge in [-0.3, -0.25) is 4.90 Å². The van der Waals surface area contributed by atoms with Crippen LogP contribution in [0.15, 0.2) is 54.6 Å². The molecule has 4 heterocycles. The monoisotopic (exact) mass is 592 g/mol. The van der Waals surface area contributed by atoms with E-state index >= 15 is 0 Å². The molecule has 6 rings (SSSR count). The van der Waals surface area contributed by atoms with Crippen LogP contribution in [0.2, 0.25) is 5.02 Å². The molecule has 2 aromatic heterocycles. The molecule has 0 unspecified atom stereocenters. The Balaban J connectivity index is 1.16. The SMILES string of the molecule is CC[C@@H](c1nc2ccc(C(=O)O)cc2n1C[C@@H]1CCO1)N1CCC(c2cccc(OCc3ccc(Cl)cc3F)n2)CC1. The quantitative estimate of drug-likeness (QED) is 0.221. The van der Waals surface area contributed by atoms with Crippen LogP contribution >= 0.6 is 11.6 Å². The van der Waals surface area contributed by atoms with Crippen molar-refractivity contribution in [1.82, 2.24) is 19.4 Å². The van der Waals surface area contributed by atoms with Gasteiger partial charge in [0.25, 0.3) is 0 Å². The van der Waals surface area contributed by atoms with Crippen molar-refractivity contribution in [3.8, 4) is 5.88 Å². The molecular formula is C32H34ClFN4O4. The summed E-state index contributed by atoms with van der Waals surface area (Å²) in [4.78, 5) is 24.0. The van der Waals surface area contributed by atoms with E-state index < -0.39 is 11.8 Å². The molecule has 0 radical (unpaired) electrons. The molecule has 2 aliphatic rings. The molecule has 0 amide bonds. The molecular weight excluding hydrogens is 559 g/mol. The highest BCUT2D eigenvalue weighted by molar-refractivity contribution is 6.30. The second-order valence-electron chi connectivity index (χ2n) is 11.0. The third kappa shape index (κ3) is 6.00. The maximum absolute atomic E-state index is 14.2. The van der Waals surface area contributed by atoms with Crippen LogP contribution in [0.5, 0.6) is 5.88 Å². The average molecular weight is 593 g/mol. The fourth-order valence-corrected chi connectivity index (χ4v) is 6.15. The zero-order chi connectivity index (χ0) is 29.2. The molecule has 42 heavy (non-hydrogen) atoms. The molecule has 2 aromatic carbocycles. The van der Waals surface area contributed by atoms with E-state index in [1.807, 2.05) is 12.1 Å². The van der Waals surface area contributed by atoms with Crippen LogP contribution < -0.4 is 4.74 Å². The van der Waals surface area contributed by atoms with Gasteiger partial charge in [-0.25, -0.2) is 19.2 Å². The van der Waals surface area contributed by atoms with Crippen molar-refractivity contribution >= 4 is 28.6 Å². The summed E-state index contributed by atoms with van der Waals surface area (Å²) in [7, 11) is 0. The van der Waals surface area contributed by atoms with E-state index in [-0.39, 0.29) is 30.2 Å². The fourth-order valence-electron chi connectivity index (χ4n) is 5.99. The van der Waals surface area contributed by atoms with Crippen molar-refractivity contribution in [2.24, 2.45) is 0 Å². The van der Waals surface area contributed by atoms with Gasteiger partial charge in [0.05, 0.1) is 35.3 Å². The van der Waals surface area contributed by atoms with E-state index in [1.165, 1.54) is 6.07 Å². The number of ether oxygens (including phenoxy) is 2. The van der Waals surface area contributed by atoms with E-state index in [0.29, 0.717) is 23.0 Å². The highest BCUT2D eigenvalue weighted by Gasteiger charge is 2.31. The van der Waals surface area contributed by atoms with E-state index in [4.69, 9.17) is 31.0 Å². The number of rotatable bonds is 10. The summed E-state index contributed by atoms with van der Waals surface area (Å²) in [5.74, 6) is 0.387. The number of carboxylic acid groups (broad SMARTS) is 1. The smallest absolute Gasteiger partial charge is 0.335 e. The molecule has 220 valence electrons. The number of likely N-dealkylation sites (tertiary alicyclic amines) is 1. The van der Waals surface area contributed by atoms with E-state index in [2.05, 4.69) is 16.4 Å². The zero-order valence-electron chi connectivity index (χ0n) is 23.5. The van der Waals surface area contributed by atoms with Gasteiger partial charge < -0.3 is 19.1 Å². The van der Waals surface area contributed by atoms with E-state index in [1.54, 1.807) is 36.4 Å². The number of pyridine rings is 1. The molecule has 8 nitrogen and oxygen atoms in total. The standard InChI is InChI=1S/C32H34ClFN4O4/c1-2-28(31-36-27-9-7-21(32(39)40)16-29(27)38(31)18-24-12-15-41-24)37-13-10-20(11-14-37)26-4-3-5-30(35-26)42-19-22-6-8-23(33)17-25(22)34/h3-9,16-17,20,24,28H,2,10-15,18-19H2,1H3,(H,39,40)/t24-,28-/m0/s1. The van der Waals surface area contributed by atoms with Crippen LogP contribution in [0.4, 0.5) is 4.39 Å². The number of benzene rings is 2. The summed E-state index contributed by atoms with van der Waals surface area (Å²) in [5.41, 5.74) is 3.32. The van der Waals surface area contributed by atoms with Gasteiger partial charge in [-0.2, -0.15) is 0 Å². The number of carboxylic acids is 1. The van der Waals surface area contributed by atoms with Gasteiger partial charge in [0.2, 0.25) is 5.88 Å². The van der Waals surface area contributed by atoms with Gasteiger partial charge in [0, 0.05) is 34.9 Å². The van der Waals surface area contributed by atoms with Crippen molar-refractivity contribution in [1.29, 1.82) is 0 Å². The molecule has 0 saturated carbocycles. The summed E-state index contributed by atoms with van der Waals surface area (Å²) in [5, 5.41) is 9.94. The first-order valence-corrected chi connectivity index (χ1v) is 14.9. The van der Waals surface area contributed by atoms with Gasteiger partial charge in [-0.05, 0) is 75.2 Å². The zero-order valence-corrected chi connectivity index (χ0v) is 24.3. The minimum atomic E-state index is -0.944. The Morgan fingerprint density at radius 3 is 2.64 bits per heavy atom. The number of aromatic carboxylic acids is 1. The molecule has 2 saturated heterocycles.